The standard InChI is InChI=1S/C20H18N4O2/c1-21-9-10-23-19(25)14-4-2-3-13-17-15-11-22-8-7-12(15)5-6-16(17)24(18(13)14)20(23)26/h2-8,11,20-21,26H,9-10H2,1H3. The second kappa shape index (κ2) is 5.52. The van der Waals surface area contributed by atoms with E-state index < -0.39 is 6.35 Å². The number of aliphatic hydroxyl groups is 1. The van der Waals surface area contributed by atoms with E-state index >= 15 is 0 Å². The Balaban J connectivity index is 1.91. The Morgan fingerprint density at radius 1 is 1.19 bits per heavy atom. The lowest BCUT2D eigenvalue weighted by Gasteiger charge is -2.34. The molecule has 130 valence electrons. The minimum absolute atomic E-state index is 0.143. The Bertz CT molecular complexity index is 1180. The van der Waals surface area contributed by atoms with Crippen LogP contribution in [0.4, 0.5) is 0 Å². The average molecular weight is 346 g/mol. The molecule has 1 atom stereocenters. The quantitative estimate of drug-likeness (QED) is 0.598. The number of benzene rings is 2. The van der Waals surface area contributed by atoms with Gasteiger partial charge in [-0.25, -0.2) is 0 Å². The first-order valence-corrected chi connectivity index (χ1v) is 8.65. The third-order valence-electron chi connectivity index (χ3n) is 5.21. The van der Waals surface area contributed by atoms with Crippen LogP contribution in [0, 0.1) is 0 Å². The highest BCUT2D eigenvalue weighted by molar-refractivity contribution is 6.24. The minimum atomic E-state index is -1.03. The van der Waals surface area contributed by atoms with Crippen molar-refractivity contribution in [3.8, 4) is 0 Å². The lowest BCUT2D eigenvalue weighted by molar-refractivity contribution is -0.0356. The second-order valence-corrected chi connectivity index (χ2v) is 6.58. The van der Waals surface area contributed by atoms with Gasteiger partial charge in [0, 0.05) is 41.6 Å². The van der Waals surface area contributed by atoms with Crippen LogP contribution in [-0.4, -0.2) is 45.6 Å². The molecule has 2 aromatic heterocycles. The Labute approximate surface area is 149 Å². The number of amides is 1. The number of aromatic nitrogens is 2. The first-order valence-electron chi connectivity index (χ1n) is 8.65. The van der Waals surface area contributed by atoms with Crippen molar-refractivity contribution in [2.45, 2.75) is 6.35 Å². The number of carbonyl (C=O) groups is 1. The molecular weight excluding hydrogens is 328 g/mol. The van der Waals surface area contributed by atoms with Crippen molar-refractivity contribution in [2.24, 2.45) is 0 Å². The Hall–Kier alpha value is -2.96. The fourth-order valence-corrected chi connectivity index (χ4v) is 4.02. The molecule has 0 fully saturated rings. The molecule has 3 heterocycles. The molecule has 1 amide bonds. The van der Waals surface area contributed by atoms with Crippen LogP contribution in [0.1, 0.15) is 16.7 Å². The van der Waals surface area contributed by atoms with E-state index in [1.807, 2.05) is 54.2 Å². The Morgan fingerprint density at radius 2 is 2.08 bits per heavy atom. The van der Waals surface area contributed by atoms with E-state index in [1.165, 1.54) is 4.90 Å². The molecule has 0 radical (unpaired) electrons. The molecule has 0 saturated heterocycles. The lowest BCUT2D eigenvalue weighted by Crippen LogP contribution is -2.44. The zero-order chi connectivity index (χ0) is 17.8. The minimum Gasteiger partial charge on any atom is -0.356 e. The summed E-state index contributed by atoms with van der Waals surface area (Å²) in [4.78, 5) is 18.8. The van der Waals surface area contributed by atoms with E-state index in [0.717, 1.165) is 32.6 Å². The molecule has 0 bridgehead atoms. The number of rotatable bonds is 3. The molecule has 1 aliphatic heterocycles. The van der Waals surface area contributed by atoms with Crippen molar-refractivity contribution in [1.29, 1.82) is 0 Å². The topological polar surface area (TPSA) is 70.4 Å². The molecule has 2 aromatic carbocycles. The van der Waals surface area contributed by atoms with Crippen LogP contribution in [0.15, 0.2) is 48.8 Å². The van der Waals surface area contributed by atoms with Crippen LogP contribution in [0.25, 0.3) is 32.6 Å². The van der Waals surface area contributed by atoms with Crippen molar-refractivity contribution in [3.63, 3.8) is 0 Å². The van der Waals surface area contributed by atoms with Crippen molar-refractivity contribution in [3.05, 3.63) is 54.4 Å². The van der Waals surface area contributed by atoms with E-state index in [0.29, 0.717) is 18.7 Å². The largest absolute Gasteiger partial charge is 0.356 e. The normalized spacial score (nSPS) is 16.9. The van der Waals surface area contributed by atoms with Gasteiger partial charge in [-0.1, -0.05) is 18.2 Å². The van der Waals surface area contributed by atoms with E-state index in [9.17, 15) is 9.90 Å². The van der Waals surface area contributed by atoms with Gasteiger partial charge >= 0.3 is 0 Å². The van der Waals surface area contributed by atoms with Gasteiger partial charge in [0.25, 0.3) is 5.91 Å². The number of nitrogens with zero attached hydrogens (tertiary/aromatic N) is 3. The maximum atomic E-state index is 13.0. The number of hydrogen-bond acceptors (Lipinski definition) is 4. The molecule has 0 aliphatic carbocycles. The average Bonchev–Trinajstić information content (AvgIpc) is 3.02. The maximum absolute atomic E-state index is 13.0. The predicted octanol–water partition coefficient (Wildman–Crippen LogP) is 2.47. The highest BCUT2D eigenvalue weighted by Crippen LogP contribution is 2.40. The van der Waals surface area contributed by atoms with Crippen molar-refractivity contribution >= 4 is 38.5 Å². The first kappa shape index (κ1) is 15.3. The van der Waals surface area contributed by atoms with Crippen molar-refractivity contribution < 1.29 is 9.90 Å². The molecular formula is C20H18N4O2. The van der Waals surface area contributed by atoms with Gasteiger partial charge in [-0.2, -0.15) is 0 Å². The van der Waals surface area contributed by atoms with Gasteiger partial charge < -0.3 is 10.4 Å². The summed E-state index contributed by atoms with van der Waals surface area (Å²) >= 11 is 0. The first-order chi connectivity index (χ1) is 12.7. The summed E-state index contributed by atoms with van der Waals surface area (Å²) in [6.45, 7) is 1.04. The van der Waals surface area contributed by atoms with Gasteiger partial charge in [-0.3, -0.25) is 19.2 Å². The molecule has 6 nitrogen and oxygen atoms in total. The van der Waals surface area contributed by atoms with E-state index in [-0.39, 0.29) is 5.91 Å². The van der Waals surface area contributed by atoms with Gasteiger partial charge in [0.2, 0.25) is 6.35 Å². The summed E-state index contributed by atoms with van der Waals surface area (Å²) in [5.74, 6) is -0.143. The maximum Gasteiger partial charge on any atom is 0.259 e. The van der Waals surface area contributed by atoms with E-state index in [1.54, 1.807) is 6.20 Å². The summed E-state index contributed by atoms with van der Waals surface area (Å²) < 4.78 is 1.86. The summed E-state index contributed by atoms with van der Waals surface area (Å²) in [6.07, 6.45) is 2.59. The van der Waals surface area contributed by atoms with Crippen LogP contribution in [0.3, 0.4) is 0 Å². The van der Waals surface area contributed by atoms with Crippen LogP contribution in [0.2, 0.25) is 0 Å². The highest BCUT2D eigenvalue weighted by Gasteiger charge is 2.34. The molecule has 1 aliphatic rings. The smallest absolute Gasteiger partial charge is 0.259 e. The zero-order valence-corrected chi connectivity index (χ0v) is 14.3. The third kappa shape index (κ3) is 1.88. The van der Waals surface area contributed by atoms with E-state index in [2.05, 4.69) is 10.3 Å². The number of para-hydroxylation sites is 1. The lowest BCUT2D eigenvalue weighted by atomic mass is 10.0. The molecule has 2 N–H and O–H groups in total. The number of carbonyl (C=O) groups excluding carboxylic acids is 1. The Morgan fingerprint density at radius 3 is 2.92 bits per heavy atom. The summed E-state index contributed by atoms with van der Waals surface area (Å²) in [6, 6.07) is 11.8. The molecule has 1 unspecified atom stereocenters. The number of pyridine rings is 1. The molecule has 5 rings (SSSR count). The monoisotopic (exact) mass is 346 g/mol. The predicted molar refractivity (Wildman–Crippen MR) is 101 cm³/mol. The number of aliphatic hydroxyl groups excluding tert-OH is 1. The second-order valence-electron chi connectivity index (χ2n) is 6.58. The van der Waals surface area contributed by atoms with Crippen LogP contribution in [0.5, 0.6) is 0 Å². The molecule has 6 heteroatoms. The van der Waals surface area contributed by atoms with Crippen LogP contribution < -0.4 is 5.32 Å². The molecule has 26 heavy (non-hydrogen) atoms. The van der Waals surface area contributed by atoms with Gasteiger partial charge in [-0.15, -0.1) is 0 Å². The molecule has 0 spiro atoms. The van der Waals surface area contributed by atoms with Gasteiger partial charge in [-0.05, 0) is 30.6 Å². The van der Waals surface area contributed by atoms with Gasteiger partial charge in [0.1, 0.15) is 0 Å². The Kier molecular flexibility index (Phi) is 3.25. The summed E-state index contributed by atoms with van der Waals surface area (Å²) in [7, 11) is 1.83. The fraction of sp³-hybridized carbons (Fsp3) is 0.200. The highest BCUT2D eigenvalue weighted by atomic mass is 16.3. The number of hydrogen-bond donors (Lipinski definition) is 2. The molecule has 0 saturated carbocycles. The van der Waals surface area contributed by atoms with Crippen LogP contribution >= 0.6 is 0 Å². The van der Waals surface area contributed by atoms with Crippen LogP contribution in [-0.2, 0) is 0 Å². The third-order valence-corrected chi connectivity index (χ3v) is 5.21. The SMILES string of the molecule is CNCCN1C(=O)c2cccc3c4c5cnccc5ccc4n(c23)C1O. The van der Waals surface area contributed by atoms with Crippen molar-refractivity contribution in [2.75, 3.05) is 20.1 Å². The summed E-state index contributed by atoms with van der Waals surface area (Å²) in [5, 5.41) is 18.2. The number of nitrogens with one attached hydrogen (secondary N) is 1. The van der Waals surface area contributed by atoms with Gasteiger partial charge in [0.05, 0.1) is 16.6 Å². The number of likely N-dealkylation sites (N-methyl/N-ethyl adjacent to an activating group) is 1. The fourth-order valence-electron chi connectivity index (χ4n) is 4.02. The van der Waals surface area contributed by atoms with Gasteiger partial charge in [0.15, 0.2) is 0 Å². The number of fused-ring (bicyclic) bond motifs is 5. The van der Waals surface area contributed by atoms with Crippen molar-refractivity contribution in [1.82, 2.24) is 19.8 Å². The van der Waals surface area contributed by atoms with E-state index in [4.69, 9.17) is 0 Å². The summed E-state index contributed by atoms with van der Waals surface area (Å²) in [5.41, 5.74) is 2.32. The molecule has 4 aromatic rings. The zero-order valence-electron chi connectivity index (χ0n) is 14.3.